The van der Waals surface area contributed by atoms with Crippen LogP contribution in [0.1, 0.15) is 36.7 Å². The van der Waals surface area contributed by atoms with Gasteiger partial charge in [0.2, 0.25) is 0 Å². The van der Waals surface area contributed by atoms with Gasteiger partial charge in [-0.15, -0.1) is 0 Å². The SMILES string of the molecule is CCOC(=O)c1ccc(C(C)(C)OO)cc1. The Morgan fingerprint density at radius 2 is 1.88 bits per heavy atom. The molecular formula is C12H16O4. The summed E-state index contributed by atoms with van der Waals surface area (Å²) < 4.78 is 4.86. The van der Waals surface area contributed by atoms with Gasteiger partial charge in [0.15, 0.2) is 0 Å². The molecule has 0 heterocycles. The van der Waals surface area contributed by atoms with E-state index < -0.39 is 5.60 Å². The summed E-state index contributed by atoms with van der Waals surface area (Å²) in [5.41, 5.74) is 0.482. The molecule has 0 fully saturated rings. The van der Waals surface area contributed by atoms with Crippen molar-refractivity contribution in [2.24, 2.45) is 0 Å². The number of esters is 1. The molecule has 0 unspecified atom stereocenters. The second-order valence-corrected chi connectivity index (χ2v) is 3.90. The second-order valence-electron chi connectivity index (χ2n) is 3.90. The maximum absolute atomic E-state index is 11.4. The molecule has 0 atom stereocenters. The first-order valence-electron chi connectivity index (χ1n) is 5.11. The van der Waals surface area contributed by atoms with Crippen molar-refractivity contribution in [2.45, 2.75) is 26.4 Å². The quantitative estimate of drug-likeness (QED) is 0.485. The Hall–Kier alpha value is -1.39. The highest BCUT2D eigenvalue weighted by Crippen LogP contribution is 2.23. The van der Waals surface area contributed by atoms with Gasteiger partial charge in [0.25, 0.3) is 0 Å². The zero-order valence-corrected chi connectivity index (χ0v) is 9.69. The Bertz CT molecular complexity index is 354. The maximum Gasteiger partial charge on any atom is 0.338 e. The molecule has 1 aromatic rings. The highest BCUT2D eigenvalue weighted by molar-refractivity contribution is 5.89. The van der Waals surface area contributed by atoms with Crippen LogP contribution in [0.4, 0.5) is 0 Å². The average Bonchev–Trinajstić information content (AvgIpc) is 2.29. The number of hydrogen-bond acceptors (Lipinski definition) is 4. The first-order valence-corrected chi connectivity index (χ1v) is 5.11. The topological polar surface area (TPSA) is 55.8 Å². The smallest absolute Gasteiger partial charge is 0.338 e. The molecule has 0 aliphatic carbocycles. The van der Waals surface area contributed by atoms with Crippen molar-refractivity contribution in [3.63, 3.8) is 0 Å². The lowest BCUT2D eigenvalue weighted by atomic mass is 9.97. The van der Waals surface area contributed by atoms with Crippen LogP contribution in [0.2, 0.25) is 0 Å². The lowest BCUT2D eigenvalue weighted by Gasteiger charge is -2.20. The van der Waals surface area contributed by atoms with Gasteiger partial charge in [-0.2, -0.15) is 0 Å². The van der Waals surface area contributed by atoms with Gasteiger partial charge in [0.1, 0.15) is 5.60 Å². The zero-order valence-electron chi connectivity index (χ0n) is 9.69. The summed E-state index contributed by atoms with van der Waals surface area (Å²) in [5, 5.41) is 8.72. The monoisotopic (exact) mass is 224 g/mol. The predicted octanol–water partition coefficient (Wildman–Crippen LogP) is 2.59. The van der Waals surface area contributed by atoms with E-state index in [4.69, 9.17) is 9.99 Å². The Balaban J connectivity index is 2.87. The number of rotatable bonds is 4. The molecular weight excluding hydrogens is 208 g/mol. The molecule has 1 aromatic carbocycles. The summed E-state index contributed by atoms with van der Waals surface area (Å²) in [7, 11) is 0. The Morgan fingerprint density at radius 1 is 1.31 bits per heavy atom. The second kappa shape index (κ2) is 5.09. The van der Waals surface area contributed by atoms with Crippen molar-refractivity contribution < 1.29 is 19.7 Å². The fourth-order valence-corrected chi connectivity index (χ4v) is 1.27. The summed E-state index contributed by atoms with van der Waals surface area (Å²) in [5.74, 6) is -0.350. The minimum Gasteiger partial charge on any atom is -0.462 e. The Kier molecular flexibility index (Phi) is 4.04. The van der Waals surface area contributed by atoms with Gasteiger partial charge in [0.05, 0.1) is 12.2 Å². The molecule has 88 valence electrons. The summed E-state index contributed by atoms with van der Waals surface area (Å²) in [4.78, 5) is 15.7. The van der Waals surface area contributed by atoms with E-state index in [0.29, 0.717) is 12.2 Å². The van der Waals surface area contributed by atoms with E-state index in [9.17, 15) is 4.79 Å². The van der Waals surface area contributed by atoms with Gasteiger partial charge < -0.3 is 4.74 Å². The third-order valence-corrected chi connectivity index (χ3v) is 2.32. The molecule has 0 radical (unpaired) electrons. The summed E-state index contributed by atoms with van der Waals surface area (Å²) in [6.07, 6.45) is 0. The predicted molar refractivity (Wildman–Crippen MR) is 59.1 cm³/mol. The number of carbonyl (C=O) groups is 1. The zero-order chi connectivity index (χ0) is 12.2. The highest BCUT2D eigenvalue weighted by atomic mass is 17.1. The van der Waals surface area contributed by atoms with Crippen molar-refractivity contribution in [1.82, 2.24) is 0 Å². The van der Waals surface area contributed by atoms with E-state index in [2.05, 4.69) is 4.89 Å². The molecule has 0 bridgehead atoms. The first kappa shape index (κ1) is 12.7. The number of benzene rings is 1. The maximum atomic E-state index is 11.4. The molecule has 0 aliphatic heterocycles. The minimum atomic E-state index is -0.785. The molecule has 0 aromatic heterocycles. The lowest BCUT2D eigenvalue weighted by Crippen LogP contribution is -2.19. The van der Waals surface area contributed by atoms with Gasteiger partial charge in [-0.3, -0.25) is 5.26 Å². The van der Waals surface area contributed by atoms with Crippen LogP contribution in [0.15, 0.2) is 24.3 Å². The van der Waals surface area contributed by atoms with Crippen LogP contribution in [0.3, 0.4) is 0 Å². The van der Waals surface area contributed by atoms with Crippen molar-refractivity contribution in [1.29, 1.82) is 0 Å². The molecule has 0 amide bonds. The van der Waals surface area contributed by atoms with Crippen LogP contribution in [0.25, 0.3) is 0 Å². The van der Waals surface area contributed by atoms with E-state index in [0.717, 1.165) is 5.56 Å². The standard InChI is InChI=1S/C12H16O4/c1-4-15-11(13)9-5-7-10(8-6-9)12(2,3)16-14/h5-8,14H,4H2,1-3H3. The van der Waals surface area contributed by atoms with E-state index in [1.165, 1.54) is 0 Å². The largest absolute Gasteiger partial charge is 0.462 e. The van der Waals surface area contributed by atoms with Crippen molar-refractivity contribution >= 4 is 5.97 Å². The third-order valence-electron chi connectivity index (χ3n) is 2.32. The van der Waals surface area contributed by atoms with Crippen molar-refractivity contribution in [3.8, 4) is 0 Å². The van der Waals surface area contributed by atoms with Crippen LogP contribution in [-0.2, 0) is 15.2 Å². The molecule has 0 saturated carbocycles. The first-order chi connectivity index (χ1) is 7.51. The molecule has 4 heteroatoms. The molecule has 1 N–H and O–H groups in total. The van der Waals surface area contributed by atoms with Crippen molar-refractivity contribution in [2.75, 3.05) is 6.61 Å². The van der Waals surface area contributed by atoms with Crippen LogP contribution in [-0.4, -0.2) is 17.8 Å². The summed E-state index contributed by atoms with van der Waals surface area (Å²) in [6, 6.07) is 6.74. The van der Waals surface area contributed by atoms with Crippen LogP contribution < -0.4 is 0 Å². The third kappa shape index (κ3) is 2.81. The highest BCUT2D eigenvalue weighted by Gasteiger charge is 2.21. The van der Waals surface area contributed by atoms with Gasteiger partial charge in [-0.25, -0.2) is 9.68 Å². The average molecular weight is 224 g/mol. The summed E-state index contributed by atoms with van der Waals surface area (Å²) >= 11 is 0. The molecule has 0 saturated heterocycles. The van der Waals surface area contributed by atoms with Crippen LogP contribution >= 0.6 is 0 Å². The fraction of sp³-hybridized carbons (Fsp3) is 0.417. The van der Waals surface area contributed by atoms with Crippen LogP contribution in [0, 0.1) is 0 Å². The molecule has 1 rings (SSSR count). The van der Waals surface area contributed by atoms with Crippen molar-refractivity contribution in [3.05, 3.63) is 35.4 Å². The molecule has 4 nitrogen and oxygen atoms in total. The number of carbonyl (C=O) groups excluding carboxylic acids is 1. The van der Waals surface area contributed by atoms with Gasteiger partial charge in [-0.1, -0.05) is 12.1 Å². The van der Waals surface area contributed by atoms with E-state index >= 15 is 0 Å². The van der Waals surface area contributed by atoms with Gasteiger partial charge in [-0.05, 0) is 38.5 Å². The van der Waals surface area contributed by atoms with Gasteiger partial charge >= 0.3 is 5.97 Å². The fourth-order valence-electron chi connectivity index (χ4n) is 1.27. The molecule has 0 spiro atoms. The number of hydrogen-bond donors (Lipinski definition) is 1. The Labute approximate surface area is 94.7 Å². The lowest BCUT2D eigenvalue weighted by molar-refractivity contribution is -0.318. The van der Waals surface area contributed by atoms with E-state index in [1.807, 2.05) is 0 Å². The molecule has 16 heavy (non-hydrogen) atoms. The Morgan fingerprint density at radius 3 is 2.31 bits per heavy atom. The van der Waals surface area contributed by atoms with E-state index in [-0.39, 0.29) is 5.97 Å². The minimum absolute atomic E-state index is 0.350. The van der Waals surface area contributed by atoms with E-state index in [1.54, 1.807) is 45.0 Å². The van der Waals surface area contributed by atoms with Gasteiger partial charge in [0, 0.05) is 0 Å². The van der Waals surface area contributed by atoms with Crippen LogP contribution in [0.5, 0.6) is 0 Å². The molecule has 0 aliphatic rings. The normalized spacial score (nSPS) is 11.2. The number of ether oxygens (including phenoxy) is 1. The summed E-state index contributed by atoms with van der Waals surface area (Å²) in [6.45, 7) is 5.57.